The minimum Gasteiger partial charge on any atom is -0.478 e. The van der Waals surface area contributed by atoms with E-state index in [1.165, 1.54) is 0 Å². The number of aromatic carboxylic acids is 1. The molecule has 0 aliphatic heterocycles. The topological polar surface area (TPSA) is 50.2 Å². The maximum absolute atomic E-state index is 10.8. The van der Waals surface area contributed by atoms with Gasteiger partial charge in [0.25, 0.3) is 0 Å². The Bertz CT molecular complexity index is 547. The van der Waals surface area contributed by atoms with E-state index in [2.05, 4.69) is 4.98 Å². The molecule has 1 aromatic heterocycles. The Labute approximate surface area is 99.1 Å². The third kappa shape index (κ3) is 3.01. The standard InChI is InChI=1S/C14H11NO2/c16-14(17)13-5-1-3-11(9-13)6-7-12-4-2-8-15-10-12/h1-10H,(H,16,17)/b7-6+. The summed E-state index contributed by atoms with van der Waals surface area (Å²) in [6.45, 7) is 0. The number of rotatable bonds is 3. The fraction of sp³-hybridized carbons (Fsp3) is 0. The molecule has 1 heterocycles. The van der Waals surface area contributed by atoms with E-state index >= 15 is 0 Å². The molecule has 1 aromatic carbocycles. The maximum atomic E-state index is 10.8. The lowest BCUT2D eigenvalue weighted by molar-refractivity contribution is 0.0697. The summed E-state index contributed by atoms with van der Waals surface area (Å²) in [5.41, 5.74) is 2.13. The van der Waals surface area contributed by atoms with Crippen LogP contribution < -0.4 is 0 Å². The molecule has 0 aliphatic carbocycles. The summed E-state index contributed by atoms with van der Waals surface area (Å²) in [6, 6.07) is 10.6. The summed E-state index contributed by atoms with van der Waals surface area (Å²) in [5, 5.41) is 8.86. The van der Waals surface area contributed by atoms with Gasteiger partial charge in [-0.2, -0.15) is 0 Å². The Morgan fingerprint density at radius 1 is 1.12 bits per heavy atom. The molecule has 0 saturated heterocycles. The lowest BCUT2D eigenvalue weighted by Gasteiger charge is -1.97. The Hall–Kier alpha value is -2.42. The van der Waals surface area contributed by atoms with Crippen LogP contribution in [0.1, 0.15) is 21.5 Å². The largest absolute Gasteiger partial charge is 0.478 e. The van der Waals surface area contributed by atoms with Gasteiger partial charge in [-0.25, -0.2) is 4.79 Å². The smallest absolute Gasteiger partial charge is 0.335 e. The third-order valence-electron chi connectivity index (χ3n) is 2.29. The summed E-state index contributed by atoms with van der Waals surface area (Å²) in [7, 11) is 0. The average molecular weight is 225 g/mol. The van der Waals surface area contributed by atoms with E-state index in [1.807, 2.05) is 30.4 Å². The number of carboxylic acid groups (broad SMARTS) is 1. The van der Waals surface area contributed by atoms with Gasteiger partial charge in [0.05, 0.1) is 5.56 Å². The molecule has 0 atom stereocenters. The average Bonchev–Trinajstić information content (AvgIpc) is 2.38. The predicted molar refractivity (Wildman–Crippen MR) is 66.6 cm³/mol. The molecule has 3 nitrogen and oxygen atoms in total. The van der Waals surface area contributed by atoms with E-state index in [1.54, 1.807) is 30.6 Å². The zero-order valence-electron chi connectivity index (χ0n) is 9.08. The quantitative estimate of drug-likeness (QED) is 0.873. The van der Waals surface area contributed by atoms with Crippen LogP contribution in [0.2, 0.25) is 0 Å². The summed E-state index contributed by atoms with van der Waals surface area (Å²) in [6.07, 6.45) is 7.22. The molecule has 0 saturated carbocycles. The zero-order valence-corrected chi connectivity index (χ0v) is 9.08. The highest BCUT2D eigenvalue weighted by molar-refractivity contribution is 5.88. The molecular formula is C14H11NO2. The van der Waals surface area contributed by atoms with E-state index in [0.717, 1.165) is 11.1 Å². The first-order chi connectivity index (χ1) is 8.25. The molecule has 1 N–H and O–H groups in total. The van der Waals surface area contributed by atoms with Crippen molar-refractivity contribution in [3.8, 4) is 0 Å². The van der Waals surface area contributed by atoms with Gasteiger partial charge in [0, 0.05) is 12.4 Å². The second-order valence-electron chi connectivity index (χ2n) is 3.55. The predicted octanol–water partition coefficient (Wildman–Crippen LogP) is 2.95. The lowest BCUT2D eigenvalue weighted by atomic mass is 10.1. The molecule has 0 spiro atoms. The molecule has 17 heavy (non-hydrogen) atoms. The second-order valence-corrected chi connectivity index (χ2v) is 3.55. The molecule has 84 valence electrons. The first-order valence-corrected chi connectivity index (χ1v) is 5.17. The minimum atomic E-state index is -0.915. The highest BCUT2D eigenvalue weighted by Crippen LogP contribution is 2.09. The van der Waals surface area contributed by atoms with Crippen LogP contribution in [-0.2, 0) is 0 Å². The fourth-order valence-electron chi connectivity index (χ4n) is 1.44. The number of benzene rings is 1. The summed E-state index contributed by atoms with van der Waals surface area (Å²) < 4.78 is 0. The maximum Gasteiger partial charge on any atom is 0.335 e. The Morgan fingerprint density at radius 2 is 1.88 bits per heavy atom. The van der Waals surface area contributed by atoms with Crippen LogP contribution in [0, 0.1) is 0 Å². The van der Waals surface area contributed by atoms with E-state index in [9.17, 15) is 4.79 Å². The van der Waals surface area contributed by atoms with E-state index in [-0.39, 0.29) is 0 Å². The van der Waals surface area contributed by atoms with Crippen molar-refractivity contribution >= 4 is 18.1 Å². The number of carbonyl (C=O) groups is 1. The number of nitrogens with zero attached hydrogens (tertiary/aromatic N) is 1. The molecule has 0 amide bonds. The van der Waals surface area contributed by atoms with Crippen molar-refractivity contribution < 1.29 is 9.90 Å². The highest BCUT2D eigenvalue weighted by Gasteiger charge is 2.00. The summed E-state index contributed by atoms with van der Waals surface area (Å²) in [4.78, 5) is 14.8. The molecular weight excluding hydrogens is 214 g/mol. The fourth-order valence-corrected chi connectivity index (χ4v) is 1.44. The number of aromatic nitrogens is 1. The van der Waals surface area contributed by atoms with Crippen molar-refractivity contribution in [1.29, 1.82) is 0 Å². The van der Waals surface area contributed by atoms with Crippen molar-refractivity contribution in [1.82, 2.24) is 4.98 Å². The van der Waals surface area contributed by atoms with Crippen LogP contribution in [0.3, 0.4) is 0 Å². The SMILES string of the molecule is O=C(O)c1cccc(/C=C/c2cccnc2)c1. The second kappa shape index (κ2) is 5.07. The van der Waals surface area contributed by atoms with Crippen LogP contribution >= 0.6 is 0 Å². The molecule has 0 bridgehead atoms. The van der Waals surface area contributed by atoms with E-state index < -0.39 is 5.97 Å². The third-order valence-corrected chi connectivity index (χ3v) is 2.29. The van der Waals surface area contributed by atoms with Crippen molar-refractivity contribution in [2.24, 2.45) is 0 Å². The number of carboxylic acids is 1. The van der Waals surface area contributed by atoms with Crippen molar-refractivity contribution in [2.75, 3.05) is 0 Å². The van der Waals surface area contributed by atoms with Gasteiger partial charge in [-0.05, 0) is 29.3 Å². The van der Waals surface area contributed by atoms with Crippen LogP contribution in [0.15, 0.2) is 48.8 Å². The summed E-state index contributed by atoms with van der Waals surface area (Å²) in [5.74, 6) is -0.915. The van der Waals surface area contributed by atoms with Crippen molar-refractivity contribution in [3.63, 3.8) is 0 Å². The highest BCUT2D eigenvalue weighted by atomic mass is 16.4. The van der Waals surface area contributed by atoms with Crippen LogP contribution in [0.5, 0.6) is 0 Å². The minimum absolute atomic E-state index is 0.290. The van der Waals surface area contributed by atoms with E-state index in [4.69, 9.17) is 5.11 Å². The normalized spacial score (nSPS) is 10.6. The van der Waals surface area contributed by atoms with E-state index in [0.29, 0.717) is 5.56 Å². The van der Waals surface area contributed by atoms with Crippen LogP contribution in [0.4, 0.5) is 0 Å². The molecule has 0 aliphatic rings. The van der Waals surface area contributed by atoms with Gasteiger partial charge >= 0.3 is 5.97 Å². The lowest BCUT2D eigenvalue weighted by Crippen LogP contribution is -1.95. The van der Waals surface area contributed by atoms with Gasteiger partial charge in [-0.15, -0.1) is 0 Å². The zero-order chi connectivity index (χ0) is 12.1. The first-order valence-electron chi connectivity index (χ1n) is 5.17. The van der Waals surface area contributed by atoms with Crippen LogP contribution in [-0.4, -0.2) is 16.1 Å². The number of pyridine rings is 1. The van der Waals surface area contributed by atoms with Crippen molar-refractivity contribution in [3.05, 3.63) is 65.5 Å². The first kappa shape index (κ1) is 11.1. The molecule has 0 fully saturated rings. The van der Waals surface area contributed by atoms with Gasteiger partial charge in [0.1, 0.15) is 0 Å². The molecule has 0 radical (unpaired) electrons. The molecule has 2 aromatic rings. The van der Waals surface area contributed by atoms with Gasteiger partial charge in [-0.3, -0.25) is 4.98 Å². The Morgan fingerprint density at radius 3 is 2.59 bits per heavy atom. The number of hydrogen-bond donors (Lipinski definition) is 1. The van der Waals surface area contributed by atoms with Gasteiger partial charge in [-0.1, -0.05) is 30.4 Å². The van der Waals surface area contributed by atoms with Crippen molar-refractivity contribution in [2.45, 2.75) is 0 Å². The van der Waals surface area contributed by atoms with Gasteiger partial charge in [0.2, 0.25) is 0 Å². The van der Waals surface area contributed by atoms with Gasteiger partial charge in [0.15, 0.2) is 0 Å². The monoisotopic (exact) mass is 225 g/mol. The van der Waals surface area contributed by atoms with Crippen LogP contribution in [0.25, 0.3) is 12.2 Å². The summed E-state index contributed by atoms with van der Waals surface area (Å²) >= 11 is 0. The Kier molecular flexibility index (Phi) is 3.31. The Balaban J connectivity index is 2.22. The molecule has 0 unspecified atom stereocenters. The molecule has 3 heteroatoms. The number of hydrogen-bond acceptors (Lipinski definition) is 2. The molecule has 2 rings (SSSR count). The van der Waals surface area contributed by atoms with Gasteiger partial charge < -0.3 is 5.11 Å².